The lowest BCUT2D eigenvalue weighted by Crippen LogP contribution is -2.36. The van der Waals surface area contributed by atoms with Crippen molar-refractivity contribution in [3.8, 4) is 5.75 Å². The average Bonchev–Trinajstić information content (AvgIpc) is 3.35. The molecule has 1 N–H and O–H groups in total. The molecule has 6 nitrogen and oxygen atoms in total. The van der Waals surface area contributed by atoms with Crippen LogP contribution in [0.4, 0.5) is 0 Å². The largest absolute Gasteiger partial charge is 0.497 e. The second kappa shape index (κ2) is 10.8. The first-order valence-electron chi connectivity index (χ1n) is 11.6. The Morgan fingerprint density at radius 3 is 2.65 bits per heavy atom. The third kappa shape index (κ3) is 6.10. The highest BCUT2D eigenvalue weighted by atomic mass is 16.5. The van der Waals surface area contributed by atoms with E-state index >= 15 is 0 Å². The fourth-order valence-electron chi connectivity index (χ4n) is 4.52. The Labute approximate surface area is 187 Å². The number of aryl methyl sites for hydroxylation is 1. The maximum atomic E-state index is 12.7. The van der Waals surface area contributed by atoms with Crippen LogP contribution in [0, 0.1) is 19.8 Å². The molecule has 0 radical (unpaired) electrons. The molecule has 1 atom stereocenters. The van der Waals surface area contributed by atoms with E-state index in [2.05, 4.69) is 52.9 Å². The first kappa shape index (κ1) is 23.3. The van der Waals surface area contributed by atoms with E-state index in [4.69, 9.17) is 4.74 Å². The molecule has 6 heteroatoms. The number of nitrogens with one attached hydrogen (secondary N) is 1. The van der Waals surface area contributed by atoms with Crippen molar-refractivity contribution in [2.75, 3.05) is 26.7 Å². The van der Waals surface area contributed by atoms with Crippen molar-refractivity contribution < 1.29 is 9.53 Å². The molecular formula is C25H38N4O2. The SMILES string of the molecule is COc1cccc(C(CNC(=O)CCc2c(C)nn(CC(C)C)c2C)N2CCCC2)c1. The average molecular weight is 427 g/mol. The summed E-state index contributed by atoms with van der Waals surface area (Å²) in [5.41, 5.74) is 4.63. The Balaban J connectivity index is 1.60. The molecule has 1 aromatic carbocycles. The summed E-state index contributed by atoms with van der Waals surface area (Å²) >= 11 is 0. The Hall–Kier alpha value is -2.34. The van der Waals surface area contributed by atoms with Gasteiger partial charge in [-0.3, -0.25) is 14.4 Å². The lowest BCUT2D eigenvalue weighted by atomic mass is 10.0. The summed E-state index contributed by atoms with van der Waals surface area (Å²) in [6, 6.07) is 8.39. The van der Waals surface area contributed by atoms with E-state index in [1.165, 1.54) is 29.7 Å². The molecule has 1 aliphatic heterocycles. The van der Waals surface area contributed by atoms with Crippen molar-refractivity contribution in [3.63, 3.8) is 0 Å². The van der Waals surface area contributed by atoms with Gasteiger partial charge in [-0.2, -0.15) is 5.10 Å². The second-order valence-corrected chi connectivity index (χ2v) is 9.06. The number of carbonyl (C=O) groups is 1. The van der Waals surface area contributed by atoms with Crippen LogP contribution in [-0.2, 0) is 17.8 Å². The molecule has 0 spiro atoms. The number of carbonyl (C=O) groups excluding carboxylic acids is 1. The fraction of sp³-hybridized carbons (Fsp3) is 0.600. The monoisotopic (exact) mass is 426 g/mol. The third-order valence-corrected chi connectivity index (χ3v) is 6.22. The smallest absolute Gasteiger partial charge is 0.220 e. The van der Waals surface area contributed by atoms with Crippen molar-refractivity contribution in [2.24, 2.45) is 5.92 Å². The molecule has 2 aromatic rings. The molecule has 170 valence electrons. The summed E-state index contributed by atoms with van der Waals surface area (Å²) in [5, 5.41) is 7.87. The van der Waals surface area contributed by atoms with Gasteiger partial charge in [-0.25, -0.2) is 0 Å². The van der Waals surface area contributed by atoms with Gasteiger partial charge in [0.25, 0.3) is 0 Å². The number of hydrogen-bond acceptors (Lipinski definition) is 4. The lowest BCUT2D eigenvalue weighted by molar-refractivity contribution is -0.121. The van der Waals surface area contributed by atoms with Gasteiger partial charge in [0.2, 0.25) is 5.91 Å². The molecule has 0 saturated carbocycles. The zero-order valence-corrected chi connectivity index (χ0v) is 19.8. The van der Waals surface area contributed by atoms with Gasteiger partial charge in [0.15, 0.2) is 0 Å². The van der Waals surface area contributed by atoms with E-state index in [9.17, 15) is 4.79 Å². The molecule has 3 rings (SSSR count). The Morgan fingerprint density at radius 1 is 1.23 bits per heavy atom. The van der Waals surface area contributed by atoms with Crippen LogP contribution in [0.25, 0.3) is 0 Å². The predicted molar refractivity (Wildman–Crippen MR) is 124 cm³/mol. The quantitative estimate of drug-likeness (QED) is 0.623. The normalized spacial score (nSPS) is 15.4. The number of benzene rings is 1. The molecule has 0 bridgehead atoms. The number of aromatic nitrogens is 2. The highest BCUT2D eigenvalue weighted by Crippen LogP contribution is 2.27. The van der Waals surface area contributed by atoms with Gasteiger partial charge >= 0.3 is 0 Å². The van der Waals surface area contributed by atoms with Crippen LogP contribution < -0.4 is 10.1 Å². The Morgan fingerprint density at radius 2 is 1.97 bits per heavy atom. The Bertz CT molecular complexity index is 868. The molecule has 0 aliphatic carbocycles. The molecule has 2 heterocycles. The van der Waals surface area contributed by atoms with Gasteiger partial charge in [0, 0.05) is 25.2 Å². The van der Waals surface area contributed by atoms with Crippen LogP contribution in [0.15, 0.2) is 24.3 Å². The highest BCUT2D eigenvalue weighted by molar-refractivity contribution is 5.76. The van der Waals surface area contributed by atoms with E-state index in [1.807, 2.05) is 19.1 Å². The lowest BCUT2D eigenvalue weighted by Gasteiger charge is -2.28. The summed E-state index contributed by atoms with van der Waals surface area (Å²) in [5.74, 6) is 1.51. The van der Waals surface area contributed by atoms with E-state index in [1.54, 1.807) is 7.11 Å². The van der Waals surface area contributed by atoms with Crippen molar-refractivity contribution in [2.45, 2.75) is 66.0 Å². The van der Waals surface area contributed by atoms with Crippen LogP contribution in [0.5, 0.6) is 5.75 Å². The summed E-state index contributed by atoms with van der Waals surface area (Å²) in [7, 11) is 1.69. The topological polar surface area (TPSA) is 59.4 Å². The van der Waals surface area contributed by atoms with Crippen LogP contribution in [0.1, 0.15) is 61.7 Å². The van der Waals surface area contributed by atoms with Crippen molar-refractivity contribution in [3.05, 3.63) is 46.8 Å². The number of ether oxygens (including phenoxy) is 1. The van der Waals surface area contributed by atoms with E-state index in [-0.39, 0.29) is 11.9 Å². The van der Waals surface area contributed by atoms with Gasteiger partial charge in [0.05, 0.1) is 18.8 Å². The van der Waals surface area contributed by atoms with Crippen LogP contribution in [-0.4, -0.2) is 47.3 Å². The van der Waals surface area contributed by atoms with Crippen LogP contribution in [0.2, 0.25) is 0 Å². The number of nitrogens with zero attached hydrogens (tertiary/aromatic N) is 3. The van der Waals surface area contributed by atoms with Crippen LogP contribution in [0.3, 0.4) is 0 Å². The van der Waals surface area contributed by atoms with E-state index < -0.39 is 0 Å². The van der Waals surface area contributed by atoms with Gasteiger partial charge < -0.3 is 10.1 Å². The number of likely N-dealkylation sites (tertiary alicyclic amines) is 1. The van der Waals surface area contributed by atoms with E-state index in [0.717, 1.165) is 37.5 Å². The standard InChI is InChI=1S/C25H38N4O2/c1-18(2)17-29-20(4)23(19(3)27-29)11-12-25(30)26-16-24(28-13-6-7-14-28)21-9-8-10-22(15-21)31-5/h8-10,15,18,24H,6-7,11-14,16-17H2,1-5H3,(H,26,30). The first-order valence-corrected chi connectivity index (χ1v) is 11.6. The maximum absolute atomic E-state index is 12.7. The summed E-state index contributed by atoms with van der Waals surface area (Å²) < 4.78 is 7.50. The zero-order valence-electron chi connectivity index (χ0n) is 19.8. The first-order chi connectivity index (χ1) is 14.9. The highest BCUT2D eigenvalue weighted by Gasteiger charge is 2.24. The summed E-state index contributed by atoms with van der Waals surface area (Å²) in [6.07, 6.45) is 3.65. The number of hydrogen-bond donors (Lipinski definition) is 1. The van der Waals surface area contributed by atoms with Gasteiger partial charge in [-0.1, -0.05) is 26.0 Å². The molecule has 1 saturated heterocycles. The van der Waals surface area contributed by atoms with E-state index in [0.29, 0.717) is 18.9 Å². The van der Waals surface area contributed by atoms with Gasteiger partial charge in [-0.05, 0) is 75.4 Å². The molecule has 1 unspecified atom stereocenters. The van der Waals surface area contributed by atoms with Gasteiger partial charge in [-0.15, -0.1) is 0 Å². The maximum Gasteiger partial charge on any atom is 0.220 e. The number of methoxy groups -OCH3 is 1. The van der Waals surface area contributed by atoms with Crippen molar-refractivity contribution in [1.29, 1.82) is 0 Å². The second-order valence-electron chi connectivity index (χ2n) is 9.06. The molecular weight excluding hydrogens is 388 g/mol. The Kier molecular flexibility index (Phi) is 8.13. The zero-order chi connectivity index (χ0) is 22.4. The van der Waals surface area contributed by atoms with Gasteiger partial charge in [0.1, 0.15) is 5.75 Å². The van der Waals surface area contributed by atoms with Crippen molar-refractivity contribution >= 4 is 5.91 Å². The predicted octanol–water partition coefficient (Wildman–Crippen LogP) is 4.05. The summed E-state index contributed by atoms with van der Waals surface area (Å²) in [4.78, 5) is 15.2. The minimum atomic E-state index is 0.0995. The van der Waals surface area contributed by atoms with Crippen LogP contribution >= 0.6 is 0 Å². The molecule has 31 heavy (non-hydrogen) atoms. The molecule has 1 amide bonds. The summed E-state index contributed by atoms with van der Waals surface area (Å²) in [6.45, 7) is 12.2. The molecule has 1 aromatic heterocycles. The minimum Gasteiger partial charge on any atom is -0.497 e. The third-order valence-electron chi connectivity index (χ3n) is 6.22. The number of amides is 1. The van der Waals surface area contributed by atoms with Crippen molar-refractivity contribution in [1.82, 2.24) is 20.0 Å². The molecule has 1 aliphatic rings. The number of rotatable bonds is 10. The minimum absolute atomic E-state index is 0.0995. The fourth-order valence-corrected chi connectivity index (χ4v) is 4.52. The molecule has 1 fully saturated rings.